The first-order chi connectivity index (χ1) is 12.6. The van der Waals surface area contributed by atoms with Crippen molar-refractivity contribution in [2.45, 2.75) is 13.3 Å². The number of benzene rings is 2. The lowest BCUT2D eigenvalue weighted by atomic mass is 10.2. The predicted octanol–water partition coefficient (Wildman–Crippen LogP) is 3.85. The Balaban J connectivity index is 1.92. The zero-order valence-corrected chi connectivity index (χ0v) is 14.0. The molecule has 0 spiro atoms. The maximum Gasteiger partial charge on any atom is 0.338 e. The number of ether oxygens (including phenoxy) is 1. The molecule has 0 aliphatic heterocycles. The molecule has 0 radical (unpaired) electrons. The van der Waals surface area contributed by atoms with Crippen molar-refractivity contribution in [2.75, 3.05) is 11.9 Å². The summed E-state index contributed by atoms with van der Waals surface area (Å²) in [6.45, 7) is 2.28. The lowest BCUT2D eigenvalue weighted by molar-refractivity contribution is -0.384. The lowest BCUT2D eigenvalue weighted by Gasteiger charge is -2.10. The van der Waals surface area contributed by atoms with Crippen molar-refractivity contribution in [3.05, 3.63) is 64.5 Å². The van der Waals surface area contributed by atoms with E-state index in [1.54, 1.807) is 30.3 Å². The average molecular weight is 352 g/mol. The Kier molecular flexibility index (Phi) is 5.02. The number of nitrogens with zero attached hydrogens (tertiary/aromatic N) is 3. The van der Waals surface area contributed by atoms with E-state index in [1.165, 1.54) is 18.5 Å². The zero-order valence-electron chi connectivity index (χ0n) is 14.0. The molecule has 0 atom stereocenters. The number of fused-ring (bicyclic) bond motifs is 1. The van der Waals surface area contributed by atoms with E-state index >= 15 is 0 Å². The van der Waals surface area contributed by atoms with Crippen LogP contribution in [0.2, 0.25) is 0 Å². The molecule has 2 aromatic carbocycles. The van der Waals surface area contributed by atoms with Gasteiger partial charge >= 0.3 is 5.97 Å². The molecule has 3 aromatic rings. The van der Waals surface area contributed by atoms with Crippen LogP contribution in [0.15, 0.2) is 48.8 Å². The molecule has 3 rings (SSSR count). The monoisotopic (exact) mass is 352 g/mol. The van der Waals surface area contributed by atoms with Crippen LogP contribution in [-0.2, 0) is 4.74 Å². The van der Waals surface area contributed by atoms with Crippen LogP contribution in [0.25, 0.3) is 10.9 Å². The van der Waals surface area contributed by atoms with Crippen LogP contribution in [0.1, 0.15) is 23.7 Å². The minimum Gasteiger partial charge on any atom is -0.462 e. The van der Waals surface area contributed by atoms with Gasteiger partial charge in [0.05, 0.1) is 22.6 Å². The number of non-ortho nitro benzene ring substituents is 1. The van der Waals surface area contributed by atoms with Crippen LogP contribution in [0.3, 0.4) is 0 Å². The van der Waals surface area contributed by atoms with Crippen molar-refractivity contribution in [2.24, 2.45) is 0 Å². The molecule has 0 fully saturated rings. The number of carbonyl (C=O) groups excluding carboxylic acids is 1. The second kappa shape index (κ2) is 7.56. The number of nitro benzene ring substituents is 1. The molecule has 0 saturated carbocycles. The minimum absolute atomic E-state index is 0.0488. The topological polar surface area (TPSA) is 107 Å². The van der Waals surface area contributed by atoms with Crippen molar-refractivity contribution in [3.63, 3.8) is 0 Å². The van der Waals surface area contributed by atoms with E-state index in [9.17, 15) is 14.9 Å². The summed E-state index contributed by atoms with van der Waals surface area (Å²) in [5.41, 5.74) is 1.55. The lowest BCUT2D eigenvalue weighted by Crippen LogP contribution is -2.06. The third-order valence-corrected chi connectivity index (χ3v) is 3.63. The van der Waals surface area contributed by atoms with Crippen molar-refractivity contribution in [3.8, 4) is 0 Å². The van der Waals surface area contributed by atoms with Crippen LogP contribution in [-0.4, -0.2) is 27.5 Å². The molecule has 132 valence electrons. The Labute approximate surface area is 149 Å². The van der Waals surface area contributed by atoms with E-state index < -0.39 is 10.9 Å². The van der Waals surface area contributed by atoms with Gasteiger partial charge in [-0.15, -0.1) is 0 Å². The number of esters is 1. The summed E-state index contributed by atoms with van der Waals surface area (Å²) in [5.74, 6) is 0.0106. The maximum absolute atomic E-state index is 12.0. The highest BCUT2D eigenvalue weighted by molar-refractivity contribution is 5.94. The largest absolute Gasteiger partial charge is 0.462 e. The number of nitrogens with one attached hydrogen (secondary N) is 1. The van der Waals surface area contributed by atoms with Crippen molar-refractivity contribution >= 4 is 34.1 Å². The van der Waals surface area contributed by atoms with Crippen LogP contribution in [0.4, 0.5) is 17.2 Å². The summed E-state index contributed by atoms with van der Waals surface area (Å²) < 4.78 is 5.13. The second-order valence-electron chi connectivity index (χ2n) is 5.52. The summed E-state index contributed by atoms with van der Waals surface area (Å²) >= 11 is 0. The molecule has 0 amide bonds. The summed E-state index contributed by atoms with van der Waals surface area (Å²) in [6, 6.07) is 11.2. The van der Waals surface area contributed by atoms with Gasteiger partial charge in [0.1, 0.15) is 12.1 Å². The highest BCUT2D eigenvalue weighted by Crippen LogP contribution is 2.27. The number of hydrogen-bond donors (Lipinski definition) is 1. The maximum atomic E-state index is 12.0. The molecule has 1 aromatic heterocycles. The molecule has 1 N–H and O–H groups in total. The third kappa shape index (κ3) is 3.75. The van der Waals surface area contributed by atoms with Gasteiger partial charge in [-0.25, -0.2) is 14.8 Å². The third-order valence-electron chi connectivity index (χ3n) is 3.63. The van der Waals surface area contributed by atoms with Gasteiger partial charge in [-0.3, -0.25) is 10.1 Å². The van der Waals surface area contributed by atoms with E-state index in [2.05, 4.69) is 15.3 Å². The first-order valence-electron chi connectivity index (χ1n) is 8.02. The number of nitro groups is 1. The number of carbonyl (C=O) groups is 1. The Bertz CT molecular complexity index is 974. The van der Waals surface area contributed by atoms with E-state index in [-0.39, 0.29) is 5.69 Å². The summed E-state index contributed by atoms with van der Waals surface area (Å²) in [6.07, 6.45) is 2.12. The van der Waals surface area contributed by atoms with Gasteiger partial charge < -0.3 is 10.1 Å². The Morgan fingerprint density at radius 2 is 2.08 bits per heavy atom. The molecular formula is C18H16N4O4. The standard InChI is InChI=1S/C18H16N4O4/c1-2-8-26-18(23)12-4-3-5-13(9-12)21-17-15-10-14(22(24)25)6-7-16(15)19-11-20-17/h3-7,9-11H,2,8H2,1H3,(H,19,20,21). The molecular weight excluding hydrogens is 336 g/mol. The van der Waals surface area contributed by atoms with Gasteiger partial charge in [0.15, 0.2) is 0 Å². The molecule has 0 aliphatic rings. The molecule has 1 heterocycles. The first-order valence-corrected chi connectivity index (χ1v) is 8.02. The number of hydrogen-bond acceptors (Lipinski definition) is 7. The Hall–Kier alpha value is -3.55. The van der Waals surface area contributed by atoms with Gasteiger partial charge in [-0.05, 0) is 30.7 Å². The van der Waals surface area contributed by atoms with Gasteiger partial charge in [-0.2, -0.15) is 0 Å². The average Bonchev–Trinajstić information content (AvgIpc) is 2.66. The van der Waals surface area contributed by atoms with Gasteiger partial charge in [-0.1, -0.05) is 13.0 Å². The van der Waals surface area contributed by atoms with E-state index in [0.29, 0.717) is 34.6 Å². The van der Waals surface area contributed by atoms with Crippen molar-refractivity contribution in [1.29, 1.82) is 0 Å². The second-order valence-corrected chi connectivity index (χ2v) is 5.52. The predicted molar refractivity (Wildman–Crippen MR) is 96.5 cm³/mol. The van der Waals surface area contributed by atoms with Gasteiger partial charge in [0.2, 0.25) is 0 Å². The highest BCUT2D eigenvalue weighted by Gasteiger charge is 2.12. The fraction of sp³-hybridized carbons (Fsp3) is 0.167. The summed E-state index contributed by atoms with van der Waals surface area (Å²) in [7, 11) is 0. The highest BCUT2D eigenvalue weighted by atomic mass is 16.6. The molecule has 8 nitrogen and oxygen atoms in total. The van der Waals surface area contributed by atoms with E-state index in [0.717, 1.165) is 6.42 Å². The molecule has 26 heavy (non-hydrogen) atoms. The number of rotatable bonds is 6. The first kappa shape index (κ1) is 17.3. The smallest absolute Gasteiger partial charge is 0.338 e. The van der Waals surface area contributed by atoms with Crippen molar-refractivity contribution in [1.82, 2.24) is 9.97 Å². The van der Waals surface area contributed by atoms with Gasteiger partial charge in [0.25, 0.3) is 5.69 Å². The van der Waals surface area contributed by atoms with E-state index in [1.807, 2.05) is 6.92 Å². The van der Waals surface area contributed by atoms with Crippen LogP contribution in [0.5, 0.6) is 0 Å². The number of anilines is 2. The van der Waals surface area contributed by atoms with Crippen LogP contribution >= 0.6 is 0 Å². The number of aromatic nitrogens is 2. The fourth-order valence-corrected chi connectivity index (χ4v) is 2.40. The molecule has 0 aliphatic carbocycles. The molecule has 0 bridgehead atoms. The Morgan fingerprint density at radius 1 is 1.23 bits per heavy atom. The summed E-state index contributed by atoms with van der Waals surface area (Å²) in [4.78, 5) is 30.8. The van der Waals surface area contributed by atoms with Gasteiger partial charge in [0, 0.05) is 23.2 Å². The molecule has 0 unspecified atom stereocenters. The van der Waals surface area contributed by atoms with Crippen LogP contribution in [0, 0.1) is 10.1 Å². The van der Waals surface area contributed by atoms with Crippen molar-refractivity contribution < 1.29 is 14.5 Å². The van der Waals surface area contributed by atoms with Crippen LogP contribution < -0.4 is 5.32 Å². The molecule has 8 heteroatoms. The SMILES string of the molecule is CCCOC(=O)c1cccc(Nc2ncnc3ccc([N+](=O)[O-])cc23)c1. The fourth-order valence-electron chi connectivity index (χ4n) is 2.40. The summed E-state index contributed by atoms with van der Waals surface area (Å²) in [5, 5.41) is 14.6. The minimum atomic E-state index is -0.472. The Morgan fingerprint density at radius 3 is 2.85 bits per heavy atom. The molecule has 0 saturated heterocycles. The normalized spacial score (nSPS) is 10.5. The quantitative estimate of drug-likeness (QED) is 0.408. The van der Waals surface area contributed by atoms with E-state index in [4.69, 9.17) is 4.74 Å². The zero-order chi connectivity index (χ0) is 18.5.